The molecule has 31 heavy (non-hydrogen) atoms. The lowest BCUT2D eigenvalue weighted by Gasteiger charge is -2.33. The Bertz CT molecular complexity index is 1070. The number of rotatable bonds is 4. The number of hydrogen-bond acceptors (Lipinski definition) is 4. The van der Waals surface area contributed by atoms with Crippen LogP contribution in [0.5, 0.6) is 5.75 Å². The highest BCUT2D eigenvalue weighted by molar-refractivity contribution is 5.87. The number of piperidine rings is 1. The van der Waals surface area contributed by atoms with Crippen molar-refractivity contribution >= 4 is 16.7 Å². The molecule has 0 N–H and O–H groups in total. The molecule has 1 atom stereocenters. The summed E-state index contributed by atoms with van der Waals surface area (Å²) in [5.41, 5.74) is 3.38. The predicted octanol–water partition coefficient (Wildman–Crippen LogP) is 4.76. The predicted molar refractivity (Wildman–Crippen MR) is 121 cm³/mol. The Balaban J connectivity index is 1.20. The second-order valence-electron chi connectivity index (χ2n) is 8.56. The molecule has 5 heteroatoms. The van der Waals surface area contributed by atoms with Crippen molar-refractivity contribution in [3.63, 3.8) is 0 Å². The molecule has 0 aliphatic carbocycles. The van der Waals surface area contributed by atoms with E-state index in [1.165, 1.54) is 16.5 Å². The first-order valence-electron chi connectivity index (χ1n) is 11.2. The SMILES string of the molecule is Cc1cc2cc(-c3ccc(OC4CCN(C(=O)[C@H]5CCCO5)CC4)cc3)ccc2cn1. The van der Waals surface area contributed by atoms with Crippen LogP contribution in [0.25, 0.3) is 21.9 Å². The number of aryl methyl sites for hydroxylation is 1. The molecule has 160 valence electrons. The van der Waals surface area contributed by atoms with Gasteiger partial charge in [0.25, 0.3) is 5.91 Å². The molecule has 3 heterocycles. The van der Waals surface area contributed by atoms with Gasteiger partial charge in [-0.1, -0.05) is 24.3 Å². The molecule has 2 aliphatic rings. The van der Waals surface area contributed by atoms with E-state index in [9.17, 15) is 4.79 Å². The van der Waals surface area contributed by atoms with Crippen LogP contribution in [0.2, 0.25) is 0 Å². The lowest BCUT2D eigenvalue weighted by molar-refractivity contribution is -0.142. The quantitative estimate of drug-likeness (QED) is 0.615. The van der Waals surface area contributed by atoms with Gasteiger partial charge in [-0.3, -0.25) is 9.78 Å². The summed E-state index contributed by atoms with van der Waals surface area (Å²) in [5, 5.41) is 2.35. The number of fused-ring (bicyclic) bond motifs is 1. The summed E-state index contributed by atoms with van der Waals surface area (Å²) in [6.07, 6.45) is 5.41. The number of pyridine rings is 1. The lowest BCUT2D eigenvalue weighted by atomic mass is 10.0. The zero-order valence-corrected chi connectivity index (χ0v) is 17.9. The van der Waals surface area contributed by atoms with Crippen molar-refractivity contribution in [2.45, 2.75) is 44.8 Å². The number of amides is 1. The average Bonchev–Trinajstić information content (AvgIpc) is 3.34. The second kappa shape index (κ2) is 8.67. The molecule has 2 fully saturated rings. The van der Waals surface area contributed by atoms with Crippen LogP contribution >= 0.6 is 0 Å². The summed E-state index contributed by atoms with van der Waals surface area (Å²) in [4.78, 5) is 18.8. The number of ether oxygens (including phenoxy) is 2. The van der Waals surface area contributed by atoms with Crippen LogP contribution < -0.4 is 4.74 Å². The van der Waals surface area contributed by atoms with Gasteiger partial charge in [-0.05, 0) is 60.5 Å². The monoisotopic (exact) mass is 416 g/mol. The molecule has 0 spiro atoms. The van der Waals surface area contributed by atoms with Gasteiger partial charge in [0, 0.05) is 49.8 Å². The van der Waals surface area contributed by atoms with Gasteiger partial charge in [-0.2, -0.15) is 0 Å². The zero-order valence-electron chi connectivity index (χ0n) is 17.9. The van der Waals surface area contributed by atoms with E-state index in [0.717, 1.165) is 55.6 Å². The maximum atomic E-state index is 12.5. The highest BCUT2D eigenvalue weighted by Crippen LogP contribution is 2.28. The van der Waals surface area contributed by atoms with E-state index < -0.39 is 0 Å². The number of benzene rings is 2. The van der Waals surface area contributed by atoms with Gasteiger partial charge in [0.15, 0.2) is 0 Å². The van der Waals surface area contributed by atoms with Crippen molar-refractivity contribution in [2.75, 3.05) is 19.7 Å². The van der Waals surface area contributed by atoms with Crippen molar-refractivity contribution in [1.29, 1.82) is 0 Å². The number of hydrogen-bond donors (Lipinski definition) is 0. The number of carbonyl (C=O) groups excluding carboxylic acids is 1. The highest BCUT2D eigenvalue weighted by atomic mass is 16.5. The van der Waals surface area contributed by atoms with Crippen LogP contribution in [0.1, 0.15) is 31.4 Å². The minimum absolute atomic E-state index is 0.149. The van der Waals surface area contributed by atoms with Gasteiger partial charge in [-0.25, -0.2) is 0 Å². The van der Waals surface area contributed by atoms with Crippen LogP contribution in [-0.4, -0.2) is 47.7 Å². The van der Waals surface area contributed by atoms with E-state index in [2.05, 4.69) is 41.4 Å². The number of carbonyl (C=O) groups is 1. The molecule has 0 radical (unpaired) electrons. The van der Waals surface area contributed by atoms with Crippen molar-refractivity contribution in [2.24, 2.45) is 0 Å². The minimum atomic E-state index is -0.222. The molecule has 5 rings (SSSR count). The van der Waals surface area contributed by atoms with Gasteiger partial charge in [0.2, 0.25) is 0 Å². The summed E-state index contributed by atoms with van der Waals surface area (Å²) in [5.74, 6) is 1.04. The molecule has 5 nitrogen and oxygen atoms in total. The molecule has 2 aromatic carbocycles. The molecule has 0 unspecified atom stereocenters. The van der Waals surface area contributed by atoms with Gasteiger partial charge < -0.3 is 14.4 Å². The van der Waals surface area contributed by atoms with E-state index in [1.807, 2.05) is 30.2 Å². The van der Waals surface area contributed by atoms with Crippen LogP contribution in [-0.2, 0) is 9.53 Å². The van der Waals surface area contributed by atoms with Crippen molar-refractivity contribution in [3.8, 4) is 16.9 Å². The minimum Gasteiger partial charge on any atom is -0.490 e. The number of likely N-dealkylation sites (tertiary alicyclic amines) is 1. The van der Waals surface area contributed by atoms with Crippen molar-refractivity contribution in [3.05, 3.63) is 60.4 Å². The Morgan fingerprint density at radius 3 is 2.52 bits per heavy atom. The summed E-state index contributed by atoms with van der Waals surface area (Å²) in [6, 6.07) is 16.9. The first-order chi connectivity index (χ1) is 15.2. The van der Waals surface area contributed by atoms with Crippen LogP contribution in [0.3, 0.4) is 0 Å². The first kappa shape index (κ1) is 20.0. The Morgan fingerprint density at radius 2 is 1.77 bits per heavy atom. The summed E-state index contributed by atoms with van der Waals surface area (Å²) < 4.78 is 11.8. The Labute approximate surface area is 183 Å². The molecule has 3 aromatic rings. The van der Waals surface area contributed by atoms with E-state index in [1.54, 1.807) is 0 Å². The zero-order chi connectivity index (χ0) is 21.2. The van der Waals surface area contributed by atoms with Gasteiger partial charge in [0.05, 0.1) is 0 Å². The van der Waals surface area contributed by atoms with Gasteiger partial charge in [-0.15, -0.1) is 0 Å². The van der Waals surface area contributed by atoms with Gasteiger partial charge >= 0.3 is 0 Å². The molecule has 1 amide bonds. The largest absolute Gasteiger partial charge is 0.490 e. The third kappa shape index (κ3) is 4.42. The van der Waals surface area contributed by atoms with E-state index >= 15 is 0 Å². The van der Waals surface area contributed by atoms with Crippen LogP contribution in [0, 0.1) is 6.92 Å². The Kier molecular flexibility index (Phi) is 5.60. The molecule has 0 bridgehead atoms. The molecule has 2 saturated heterocycles. The maximum absolute atomic E-state index is 12.5. The summed E-state index contributed by atoms with van der Waals surface area (Å²) in [7, 11) is 0. The van der Waals surface area contributed by atoms with Crippen molar-refractivity contribution in [1.82, 2.24) is 9.88 Å². The van der Waals surface area contributed by atoms with E-state index in [0.29, 0.717) is 6.61 Å². The maximum Gasteiger partial charge on any atom is 0.251 e. The first-order valence-corrected chi connectivity index (χ1v) is 11.2. The number of aromatic nitrogens is 1. The van der Waals surface area contributed by atoms with Crippen LogP contribution in [0.4, 0.5) is 0 Å². The molecule has 1 aromatic heterocycles. The fraction of sp³-hybridized carbons (Fsp3) is 0.385. The van der Waals surface area contributed by atoms with E-state index in [-0.39, 0.29) is 18.1 Å². The van der Waals surface area contributed by atoms with Crippen molar-refractivity contribution < 1.29 is 14.3 Å². The summed E-state index contributed by atoms with van der Waals surface area (Å²) in [6.45, 7) is 4.21. The topological polar surface area (TPSA) is 51.7 Å². The highest BCUT2D eigenvalue weighted by Gasteiger charge is 2.31. The fourth-order valence-corrected chi connectivity index (χ4v) is 4.52. The lowest BCUT2D eigenvalue weighted by Crippen LogP contribution is -2.45. The third-order valence-electron chi connectivity index (χ3n) is 6.31. The normalized spacial score (nSPS) is 19.6. The molecular weight excluding hydrogens is 388 g/mol. The van der Waals surface area contributed by atoms with Crippen LogP contribution in [0.15, 0.2) is 54.7 Å². The van der Waals surface area contributed by atoms with E-state index in [4.69, 9.17) is 9.47 Å². The average molecular weight is 417 g/mol. The Hall–Kier alpha value is -2.92. The standard InChI is InChI=1S/C26H28N2O3/c1-18-15-22-16-20(4-5-21(22)17-27-18)19-6-8-23(9-7-19)31-24-10-12-28(13-11-24)26(29)25-3-2-14-30-25/h4-9,15-17,24-25H,2-3,10-14H2,1H3/t25-/m1/s1. The smallest absolute Gasteiger partial charge is 0.251 e. The third-order valence-corrected chi connectivity index (χ3v) is 6.31. The fourth-order valence-electron chi connectivity index (χ4n) is 4.52. The second-order valence-corrected chi connectivity index (χ2v) is 8.56. The summed E-state index contributed by atoms with van der Waals surface area (Å²) >= 11 is 0. The molecular formula is C26H28N2O3. The Morgan fingerprint density at radius 1 is 1.00 bits per heavy atom. The van der Waals surface area contributed by atoms with Gasteiger partial charge in [0.1, 0.15) is 18.0 Å². The molecule has 2 aliphatic heterocycles. The molecule has 0 saturated carbocycles. The number of nitrogens with zero attached hydrogens (tertiary/aromatic N) is 2.